The summed E-state index contributed by atoms with van der Waals surface area (Å²) in [4.78, 5) is 22.2. The molecule has 1 aromatic heterocycles. The number of likely N-dealkylation sites (tertiary alicyclic amines) is 1. The van der Waals surface area contributed by atoms with Crippen molar-refractivity contribution in [3.05, 3.63) is 12.4 Å². The minimum absolute atomic E-state index is 0.312. The van der Waals surface area contributed by atoms with E-state index in [2.05, 4.69) is 9.97 Å². The van der Waals surface area contributed by atoms with Crippen LogP contribution in [-0.4, -0.2) is 81.7 Å². The van der Waals surface area contributed by atoms with Gasteiger partial charge in [-0.25, -0.2) is 9.97 Å². The average molecular weight is 435 g/mol. The van der Waals surface area contributed by atoms with E-state index in [0.717, 1.165) is 31.1 Å². The molecular weight excluding hydrogens is 401 g/mol. The first-order valence-corrected chi connectivity index (χ1v) is 11.0. The number of aliphatic hydroxyl groups is 2. The summed E-state index contributed by atoms with van der Waals surface area (Å²) in [5, 5.41) is 18.5. The molecule has 10 heteroatoms. The summed E-state index contributed by atoms with van der Waals surface area (Å²) in [7, 11) is -0.500. The monoisotopic (exact) mass is 435 g/mol. The molecule has 0 aliphatic carbocycles. The number of aromatic nitrogens is 2. The lowest BCUT2D eigenvalue weighted by Gasteiger charge is -2.33. The molecule has 2 aliphatic heterocycles. The van der Waals surface area contributed by atoms with Crippen molar-refractivity contribution in [3.8, 4) is 6.01 Å². The van der Waals surface area contributed by atoms with E-state index in [1.807, 2.05) is 27.7 Å². The molecule has 1 amide bonds. The van der Waals surface area contributed by atoms with Gasteiger partial charge in [-0.3, -0.25) is 4.79 Å². The number of ether oxygens (including phenoxy) is 1. The Morgan fingerprint density at radius 1 is 1.29 bits per heavy atom. The summed E-state index contributed by atoms with van der Waals surface area (Å²) >= 11 is 0. The molecule has 2 aliphatic rings. The first-order chi connectivity index (χ1) is 14.6. The third kappa shape index (κ3) is 5.74. The third-order valence-electron chi connectivity index (χ3n) is 6.45. The van der Waals surface area contributed by atoms with Crippen LogP contribution in [0, 0.1) is 5.92 Å². The summed E-state index contributed by atoms with van der Waals surface area (Å²) in [5.74, 6) is -0.0298. The van der Waals surface area contributed by atoms with Gasteiger partial charge in [-0.05, 0) is 59.3 Å². The van der Waals surface area contributed by atoms with Crippen LogP contribution in [-0.2, 0) is 14.1 Å². The topological polar surface area (TPSA) is 114 Å². The Labute approximate surface area is 184 Å². The highest BCUT2D eigenvalue weighted by Crippen LogP contribution is 2.36. The summed E-state index contributed by atoms with van der Waals surface area (Å²) < 4.78 is 17.7. The fraction of sp³-hybridized carbons (Fsp3) is 0.762. The van der Waals surface area contributed by atoms with Crippen molar-refractivity contribution >= 4 is 18.5 Å². The van der Waals surface area contributed by atoms with Gasteiger partial charge in [0.1, 0.15) is 0 Å². The van der Waals surface area contributed by atoms with E-state index in [1.54, 1.807) is 17.3 Å². The Morgan fingerprint density at radius 3 is 2.55 bits per heavy atom. The van der Waals surface area contributed by atoms with Gasteiger partial charge < -0.3 is 29.2 Å². The average Bonchev–Trinajstić information content (AvgIpc) is 2.97. The number of amides is 1. The fourth-order valence-corrected chi connectivity index (χ4v) is 3.83. The minimum atomic E-state index is -1.32. The van der Waals surface area contributed by atoms with Crippen molar-refractivity contribution in [1.29, 1.82) is 0 Å². The molecule has 0 spiro atoms. The van der Waals surface area contributed by atoms with Crippen LogP contribution >= 0.6 is 0 Å². The molecule has 9 nitrogen and oxygen atoms in total. The molecule has 172 valence electrons. The van der Waals surface area contributed by atoms with Crippen LogP contribution in [0.25, 0.3) is 0 Å². The number of carbonyl (C=O) groups is 1. The maximum atomic E-state index is 12.0. The number of carbonyl (C=O) groups excluding carboxylic acids is 1. The predicted molar refractivity (Wildman–Crippen MR) is 115 cm³/mol. The van der Waals surface area contributed by atoms with Crippen LogP contribution < -0.4 is 10.2 Å². The van der Waals surface area contributed by atoms with E-state index in [-0.39, 0.29) is 5.91 Å². The number of hydrogen-bond acceptors (Lipinski definition) is 8. The van der Waals surface area contributed by atoms with Crippen molar-refractivity contribution in [3.63, 3.8) is 0 Å². The van der Waals surface area contributed by atoms with E-state index in [9.17, 15) is 9.90 Å². The SMILES string of the molecule is CC1(C)OB(c2cnc(OCCC[C@@H]3CCCN(C(=O)[C@H](O)CO)C3)nc2)OC1(C)C. The Hall–Kier alpha value is -1.75. The summed E-state index contributed by atoms with van der Waals surface area (Å²) in [5.41, 5.74) is -0.0759. The lowest BCUT2D eigenvalue weighted by atomic mass is 9.81. The normalized spacial score (nSPS) is 23.6. The molecule has 0 unspecified atom stereocenters. The standard InChI is InChI=1S/C21H34BN3O6/c1-20(2)21(3,4)31-22(30-20)16-11-23-19(24-12-16)29-10-6-8-15-7-5-9-25(13-15)18(28)17(27)14-26/h11-12,15,17,26-27H,5-10,13-14H2,1-4H3/t15-,17+/m0/s1. The molecule has 2 saturated heterocycles. The van der Waals surface area contributed by atoms with Crippen molar-refractivity contribution in [2.24, 2.45) is 5.92 Å². The second-order valence-corrected chi connectivity index (χ2v) is 9.37. The van der Waals surface area contributed by atoms with Crippen LogP contribution in [0.3, 0.4) is 0 Å². The van der Waals surface area contributed by atoms with Crippen LogP contribution in [0.1, 0.15) is 53.4 Å². The Bertz CT molecular complexity index is 729. The van der Waals surface area contributed by atoms with Crippen molar-refractivity contribution < 1.29 is 29.1 Å². The number of hydrogen-bond donors (Lipinski definition) is 2. The second-order valence-electron chi connectivity index (χ2n) is 9.37. The van der Waals surface area contributed by atoms with E-state index >= 15 is 0 Å². The van der Waals surface area contributed by atoms with Gasteiger partial charge in [-0.1, -0.05) is 0 Å². The molecule has 2 N–H and O–H groups in total. The molecule has 2 fully saturated rings. The van der Waals surface area contributed by atoms with Crippen molar-refractivity contribution in [1.82, 2.24) is 14.9 Å². The van der Waals surface area contributed by atoms with Gasteiger partial charge in [0, 0.05) is 30.9 Å². The van der Waals surface area contributed by atoms with Gasteiger partial charge in [0.15, 0.2) is 6.10 Å². The van der Waals surface area contributed by atoms with Gasteiger partial charge in [-0.15, -0.1) is 0 Å². The lowest BCUT2D eigenvalue weighted by Crippen LogP contribution is -2.46. The van der Waals surface area contributed by atoms with Gasteiger partial charge in [0.2, 0.25) is 0 Å². The molecule has 0 saturated carbocycles. The summed E-state index contributed by atoms with van der Waals surface area (Å²) in [6.45, 7) is 9.19. The van der Waals surface area contributed by atoms with E-state index in [1.165, 1.54) is 0 Å². The van der Waals surface area contributed by atoms with E-state index < -0.39 is 31.0 Å². The van der Waals surface area contributed by atoms with Gasteiger partial charge in [0.25, 0.3) is 5.91 Å². The smallest absolute Gasteiger partial charge is 0.463 e. The molecule has 0 radical (unpaired) electrons. The Balaban J connectivity index is 1.41. The number of piperidine rings is 1. The molecule has 3 rings (SSSR count). The first kappa shape index (κ1) is 23.9. The fourth-order valence-electron chi connectivity index (χ4n) is 3.83. The van der Waals surface area contributed by atoms with Crippen molar-refractivity contribution in [2.45, 2.75) is 70.7 Å². The molecule has 0 bridgehead atoms. The van der Waals surface area contributed by atoms with Crippen molar-refractivity contribution in [2.75, 3.05) is 26.3 Å². The lowest BCUT2D eigenvalue weighted by molar-refractivity contribution is -0.144. The highest BCUT2D eigenvalue weighted by Gasteiger charge is 2.52. The molecule has 2 atom stereocenters. The Kier molecular flexibility index (Phi) is 7.57. The zero-order valence-corrected chi connectivity index (χ0v) is 18.9. The number of aliphatic hydroxyl groups excluding tert-OH is 2. The van der Waals surface area contributed by atoms with Gasteiger partial charge >= 0.3 is 13.1 Å². The van der Waals surface area contributed by atoms with Crippen LogP contribution in [0.2, 0.25) is 0 Å². The van der Waals surface area contributed by atoms with Crippen LogP contribution in [0.15, 0.2) is 12.4 Å². The largest absolute Gasteiger partial charge is 0.498 e. The number of nitrogens with zero attached hydrogens (tertiary/aromatic N) is 3. The van der Waals surface area contributed by atoms with Gasteiger partial charge in [-0.2, -0.15) is 0 Å². The minimum Gasteiger partial charge on any atom is -0.463 e. The molecule has 0 aromatic carbocycles. The zero-order chi connectivity index (χ0) is 22.6. The maximum Gasteiger partial charge on any atom is 0.498 e. The van der Waals surface area contributed by atoms with Gasteiger partial charge in [0.05, 0.1) is 24.4 Å². The first-order valence-electron chi connectivity index (χ1n) is 11.0. The predicted octanol–water partition coefficient (Wildman–Crippen LogP) is 0.527. The highest BCUT2D eigenvalue weighted by atomic mass is 16.7. The Morgan fingerprint density at radius 2 is 1.94 bits per heavy atom. The number of rotatable bonds is 8. The van der Waals surface area contributed by atoms with E-state index in [4.69, 9.17) is 19.2 Å². The van der Waals surface area contributed by atoms with Crippen LogP contribution in [0.5, 0.6) is 6.01 Å². The maximum absolute atomic E-state index is 12.0. The molecule has 3 heterocycles. The second kappa shape index (κ2) is 9.81. The summed E-state index contributed by atoms with van der Waals surface area (Å²) in [6.07, 6.45) is 5.68. The summed E-state index contributed by atoms with van der Waals surface area (Å²) in [6, 6.07) is 0.312. The molecular formula is C21H34BN3O6. The van der Waals surface area contributed by atoms with E-state index in [0.29, 0.717) is 31.6 Å². The third-order valence-corrected chi connectivity index (χ3v) is 6.45. The zero-order valence-electron chi connectivity index (χ0n) is 18.9. The molecule has 31 heavy (non-hydrogen) atoms. The molecule has 1 aromatic rings. The quantitative estimate of drug-likeness (QED) is 0.449. The van der Waals surface area contributed by atoms with Crippen LogP contribution in [0.4, 0.5) is 0 Å². The highest BCUT2D eigenvalue weighted by molar-refractivity contribution is 6.61.